The summed E-state index contributed by atoms with van der Waals surface area (Å²) in [6.45, 7) is 1.03. The number of carboxylic acids is 1. The molecule has 0 bridgehead atoms. The highest BCUT2D eigenvalue weighted by Crippen LogP contribution is 2.23. The Morgan fingerprint density at radius 2 is 1.82 bits per heavy atom. The highest BCUT2D eigenvalue weighted by atomic mass is 32.1. The van der Waals surface area contributed by atoms with Crippen molar-refractivity contribution in [3.63, 3.8) is 0 Å². The summed E-state index contributed by atoms with van der Waals surface area (Å²) >= 11 is 3.84. The van der Waals surface area contributed by atoms with Crippen LogP contribution in [0.15, 0.2) is 0 Å². The van der Waals surface area contributed by atoms with E-state index in [-0.39, 0.29) is 37.6 Å². The quantitative estimate of drug-likeness (QED) is 0.407. The molecule has 94 valence electrons. The number of rotatable bonds is 5. The molecule has 0 aromatic rings. The van der Waals surface area contributed by atoms with E-state index >= 15 is 0 Å². The number of nitrogens with zero attached hydrogens (tertiary/aromatic N) is 1. The summed E-state index contributed by atoms with van der Waals surface area (Å²) in [4.78, 5) is 45.7. The first kappa shape index (κ1) is 13.7. The maximum absolute atomic E-state index is 11.3. The van der Waals surface area contributed by atoms with Crippen molar-refractivity contribution in [2.24, 2.45) is 0 Å². The van der Waals surface area contributed by atoms with Crippen molar-refractivity contribution < 1.29 is 24.3 Å². The van der Waals surface area contributed by atoms with E-state index in [2.05, 4.69) is 12.6 Å². The van der Waals surface area contributed by atoms with Crippen molar-refractivity contribution in [2.75, 3.05) is 6.54 Å². The van der Waals surface area contributed by atoms with E-state index in [9.17, 15) is 19.2 Å². The fourth-order valence-electron chi connectivity index (χ4n) is 1.58. The number of hydrogen-bond donors (Lipinski definition) is 2. The number of Topliss-reactive ketones (excluding diaryl/α,β-unsaturated/α-hetero) is 1. The van der Waals surface area contributed by atoms with Crippen LogP contribution in [0.5, 0.6) is 0 Å². The lowest BCUT2D eigenvalue weighted by Crippen LogP contribution is -2.44. The van der Waals surface area contributed by atoms with E-state index in [0.29, 0.717) is 0 Å². The number of likely N-dealkylation sites (tertiary alicyclic amines) is 1. The minimum atomic E-state index is -1.84. The molecular weight excluding hydrogens is 246 g/mol. The third-order valence-electron chi connectivity index (χ3n) is 2.79. The standard InChI is InChI=1S/C10H13NO5S/c1-6(12)10(17,9(15)16)4-5-11-7(13)2-3-8(11)14/h17H,2-5H2,1H3,(H,15,16). The second kappa shape index (κ2) is 4.87. The number of amides is 2. The van der Waals surface area contributed by atoms with Crippen molar-refractivity contribution in [3.8, 4) is 0 Å². The van der Waals surface area contributed by atoms with Crippen LogP contribution in [-0.4, -0.2) is 44.9 Å². The van der Waals surface area contributed by atoms with Gasteiger partial charge in [-0.1, -0.05) is 0 Å². The zero-order chi connectivity index (χ0) is 13.2. The molecule has 1 atom stereocenters. The van der Waals surface area contributed by atoms with Gasteiger partial charge in [0.2, 0.25) is 11.8 Å². The SMILES string of the molecule is CC(=O)C(S)(CCN1C(=O)CCC1=O)C(=O)O. The van der Waals surface area contributed by atoms with Gasteiger partial charge in [-0.05, 0) is 13.3 Å². The average molecular weight is 259 g/mol. The molecular formula is C10H13NO5S. The summed E-state index contributed by atoms with van der Waals surface area (Å²) < 4.78 is -1.84. The zero-order valence-electron chi connectivity index (χ0n) is 9.30. The maximum Gasteiger partial charge on any atom is 0.327 e. The normalized spacial score (nSPS) is 19.3. The fraction of sp³-hybridized carbons (Fsp3) is 0.600. The Morgan fingerprint density at radius 3 is 2.18 bits per heavy atom. The predicted octanol–water partition coefficient (Wildman–Crippen LogP) is -0.132. The number of carboxylic acid groups (broad SMARTS) is 1. The van der Waals surface area contributed by atoms with Crippen LogP contribution in [0, 0.1) is 0 Å². The molecule has 0 spiro atoms. The smallest absolute Gasteiger partial charge is 0.327 e. The lowest BCUT2D eigenvalue weighted by Gasteiger charge is -2.23. The number of thiol groups is 1. The molecule has 1 fully saturated rings. The van der Waals surface area contributed by atoms with Crippen molar-refractivity contribution in [2.45, 2.75) is 30.9 Å². The van der Waals surface area contributed by atoms with Crippen molar-refractivity contribution in [3.05, 3.63) is 0 Å². The molecule has 0 aromatic carbocycles. The van der Waals surface area contributed by atoms with Crippen molar-refractivity contribution >= 4 is 36.2 Å². The summed E-state index contributed by atoms with van der Waals surface area (Å²) in [5.41, 5.74) is 0. The number of ketones is 1. The average Bonchev–Trinajstić information content (AvgIpc) is 2.55. The van der Waals surface area contributed by atoms with Gasteiger partial charge >= 0.3 is 5.97 Å². The monoisotopic (exact) mass is 259 g/mol. The Kier molecular flexibility index (Phi) is 3.92. The molecule has 0 saturated carbocycles. The topological polar surface area (TPSA) is 91.8 Å². The predicted molar refractivity (Wildman–Crippen MR) is 60.6 cm³/mol. The fourth-order valence-corrected chi connectivity index (χ4v) is 1.68. The van der Waals surface area contributed by atoms with Gasteiger partial charge in [0, 0.05) is 19.4 Å². The van der Waals surface area contributed by atoms with Crippen LogP contribution < -0.4 is 0 Å². The van der Waals surface area contributed by atoms with E-state index in [4.69, 9.17) is 5.11 Å². The largest absolute Gasteiger partial charge is 0.480 e. The molecule has 1 aliphatic heterocycles. The number of carbonyl (C=O) groups is 4. The molecule has 1 aliphatic rings. The number of aliphatic carboxylic acids is 1. The molecule has 1 rings (SSSR count). The molecule has 1 heterocycles. The molecule has 6 nitrogen and oxygen atoms in total. The Bertz CT molecular complexity index is 362. The Labute approximate surface area is 103 Å². The van der Waals surface area contributed by atoms with Gasteiger partial charge in [0.1, 0.15) is 0 Å². The number of imide groups is 1. The van der Waals surface area contributed by atoms with Crippen LogP contribution in [0.4, 0.5) is 0 Å². The van der Waals surface area contributed by atoms with Gasteiger partial charge in [0.25, 0.3) is 0 Å². The molecule has 2 amide bonds. The number of carbonyl (C=O) groups excluding carboxylic acids is 3. The summed E-state index contributed by atoms with van der Waals surface area (Å²) in [5, 5.41) is 8.92. The summed E-state index contributed by atoms with van der Waals surface area (Å²) in [6, 6.07) is 0. The second-order valence-electron chi connectivity index (χ2n) is 3.91. The van der Waals surface area contributed by atoms with Gasteiger partial charge in [0.05, 0.1) is 0 Å². The molecule has 0 aliphatic carbocycles. The van der Waals surface area contributed by atoms with Crippen LogP contribution in [0.25, 0.3) is 0 Å². The van der Waals surface area contributed by atoms with Crippen molar-refractivity contribution in [1.82, 2.24) is 4.90 Å². The molecule has 17 heavy (non-hydrogen) atoms. The van der Waals surface area contributed by atoms with E-state index in [1.165, 1.54) is 0 Å². The van der Waals surface area contributed by atoms with Crippen LogP contribution in [0.2, 0.25) is 0 Å². The number of hydrogen-bond acceptors (Lipinski definition) is 5. The second-order valence-corrected chi connectivity index (χ2v) is 4.67. The maximum atomic E-state index is 11.3. The Balaban J connectivity index is 2.71. The first-order valence-electron chi connectivity index (χ1n) is 5.09. The molecule has 1 N–H and O–H groups in total. The molecule has 7 heteroatoms. The van der Waals surface area contributed by atoms with Gasteiger partial charge in [-0.3, -0.25) is 24.1 Å². The Hall–Kier alpha value is -1.37. The van der Waals surface area contributed by atoms with E-state index in [1.807, 2.05) is 0 Å². The first-order valence-corrected chi connectivity index (χ1v) is 5.54. The van der Waals surface area contributed by atoms with Crippen molar-refractivity contribution in [1.29, 1.82) is 0 Å². The lowest BCUT2D eigenvalue weighted by molar-refractivity contribution is -0.146. The minimum absolute atomic E-state index is 0.0902. The van der Waals surface area contributed by atoms with Gasteiger partial charge in [-0.15, -0.1) is 0 Å². The zero-order valence-corrected chi connectivity index (χ0v) is 10.2. The highest BCUT2D eigenvalue weighted by Gasteiger charge is 2.41. The third kappa shape index (κ3) is 2.66. The molecule has 1 unspecified atom stereocenters. The van der Waals surface area contributed by atoms with Gasteiger partial charge in [0.15, 0.2) is 10.5 Å². The van der Waals surface area contributed by atoms with E-state index in [0.717, 1.165) is 11.8 Å². The van der Waals surface area contributed by atoms with E-state index in [1.54, 1.807) is 0 Å². The first-order chi connectivity index (χ1) is 7.79. The van der Waals surface area contributed by atoms with Gasteiger partial charge < -0.3 is 5.11 Å². The summed E-state index contributed by atoms with van der Waals surface area (Å²) in [7, 11) is 0. The van der Waals surface area contributed by atoms with Crippen LogP contribution >= 0.6 is 12.6 Å². The van der Waals surface area contributed by atoms with Crippen LogP contribution in [0.1, 0.15) is 26.2 Å². The van der Waals surface area contributed by atoms with Crippen LogP contribution in [-0.2, 0) is 19.2 Å². The van der Waals surface area contributed by atoms with E-state index < -0.39 is 16.5 Å². The van der Waals surface area contributed by atoms with Crippen LogP contribution in [0.3, 0.4) is 0 Å². The van der Waals surface area contributed by atoms with Gasteiger partial charge in [-0.2, -0.15) is 12.6 Å². The molecule has 0 aromatic heterocycles. The minimum Gasteiger partial charge on any atom is -0.480 e. The summed E-state index contributed by atoms with van der Waals surface area (Å²) in [5.74, 6) is -2.65. The lowest BCUT2D eigenvalue weighted by atomic mass is 10.00. The third-order valence-corrected chi connectivity index (χ3v) is 3.52. The highest BCUT2D eigenvalue weighted by molar-refractivity contribution is 7.83. The molecule has 1 saturated heterocycles. The summed E-state index contributed by atoms with van der Waals surface area (Å²) in [6.07, 6.45) is 0.107. The van der Waals surface area contributed by atoms with Gasteiger partial charge in [-0.25, -0.2) is 0 Å². The Morgan fingerprint density at radius 1 is 1.35 bits per heavy atom. The molecule has 0 radical (unpaired) electrons.